The lowest BCUT2D eigenvalue weighted by atomic mass is 10.1. The van der Waals surface area contributed by atoms with Gasteiger partial charge < -0.3 is 11.1 Å². The van der Waals surface area contributed by atoms with E-state index in [0.29, 0.717) is 0 Å². The van der Waals surface area contributed by atoms with Crippen molar-refractivity contribution in [2.45, 2.75) is 6.54 Å². The first-order valence-corrected chi connectivity index (χ1v) is 5.85. The van der Waals surface area contributed by atoms with Gasteiger partial charge in [0.2, 0.25) is 5.91 Å². The third-order valence-electron chi connectivity index (χ3n) is 2.80. The summed E-state index contributed by atoms with van der Waals surface area (Å²) in [6.45, 7) is -0.155. The number of amides is 1. The molecule has 2 aromatic rings. The third kappa shape index (κ3) is 3.31. The standard InChI is InChI=1S/C14H10F4N2O/c15-10-2-1-7(14(19)21)3-8(10)6-20-9-4-11(16)13(18)12(17)5-9/h1-5,20H,6H2,(H2,19,21). The normalized spacial score (nSPS) is 10.5. The highest BCUT2D eigenvalue weighted by atomic mass is 19.2. The van der Waals surface area contributed by atoms with Gasteiger partial charge in [0.15, 0.2) is 17.5 Å². The zero-order chi connectivity index (χ0) is 15.6. The molecule has 3 nitrogen and oxygen atoms in total. The molecule has 3 N–H and O–H groups in total. The van der Waals surface area contributed by atoms with Crippen LogP contribution in [0.2, 0.25) is 0 Å². The first kappa shape index (κ1) is 14.8. The van der Waals surface area contributed by atoms with Crippen LogP contribution < -0.4 is 11.1 Å². The number of rotatable bonds is 4. The molecule has 0 saturated carbocycles. The van der Waals surface area contributed by atoms with Crippen molar-refractivity contribution >= 4 is 11.6 Å². The molecule has 2 aromatic carbocycles. The van der Waals surface area contributed by atoms with Crippen molar-refractivity contribution in [3.63, 3.8) is 0 Å². The Labute approximate surface area is 117 Å². The van der Waals surface area contributed by atoms with E-state index in [0.717, 1.165) is 18.2 Å². The number of carbonyl (C=O) groups is 1. The summed E-state index contributed by atoms with van der Waals surface area (Å²) >= 11 is 0. The fourth-order valence-electron chi connectivity index (χ4n) is 1.72. The lowest BCUT2D eigenvalue weighted by Crippen LogP contribution is -2.12. The molecule has 0 bridgehead atoms. The summed E-state index contributed by atoms with van der Waals surface area (Å²) in [5.41, 5.74) is 5.20. The van der Waals surface area contributed by atoms with Crippen molar-refractivity contribution in [3.8, 4) is 0 Å². The van der Waals surface area contributed by atoms with Crippen molar-refractivity contribution in [2.24, 2.45) is 5.73 Å². The van der Waals surface area contributed by atoms with E-state index in [4.69, 9.17) is 5.73 Å². The third-order valence-corrected chi connectivity index (χ3v) is 2.80. The number of halogens is 4. The predicted octanol–water partition coefficient (Wildman–Crippen LogP) is 2.95. The lowest BCUT2D eigenvalue weighted by Gasteiger charge is -2.09. The highest BCUT2D eigenvalue weighted by molar-refractivity contribution is 5.92. The van der Waals surface area contributed by atoms with Gasteiger partial charge in [-0.05, 0) is 18.2 Å². The highest BCUT2D eigenvalue weighted by Crippen LogP contribution is 2.19. The second-order valence-electron chi connectivity index (χ2n) is 4.28. The molecule has 0 aromatic heterocycles. The minimum Gasteiger partial charge on any atom is -0.381 e. The zero-order valence-corrected chi connectivity index (χ0v) is 10.6. The molecule has 0 fully saturated rings. The summed E-state index contributed by atoms with van der Waals surface area (Å²) in [4.78, 5) is 11.0. The van der Waals surface area contributed by atoms with Crippen LogP contribution in [0.3, 0.4) is 0 Å². The average molecular weight is 298 g/mol. The molecule has 0 spiro atoms. The van der Waals surface area contributed by atoms with Crippen LogP contribution in [0.4, 0.5) is 23.2 Å². The van der Waals surface area contributed by atoms with Gasteiger partial charge in [0.05, 0.1) is 0 Å². The summed E-state index contributed by atoms with van der Waals surface area (Å²) in [5.74, 6) is -5.64. The summed E-state index contributed by atoms with van der Waals surface area (Å²) in [6, 6.07) is 4.99. The molecular formula is C14H10F4N2O. The minimum atomic E-state index is -1.58. The van der Waals surface area contributed by atoms with Crippen LogP contribution in [0.5, 0.6) is 0 Å². The van der Waals surface area contributed by atoms with Gasteiger partial charge in [-0.2, -0.15) is 0 Å². The minimum absolute atomic E-state index is 0.0599. The molecule has 1 amide bonds. The van der Waals surface area contributed by atoms with Gasteiger partial charge in [0, 0.05) is 35.5 Å². The Hall–Kier alpha value is -2.57. The molecular weight excluding hydrogens is 288 g/mol. The summed E-state index contributed by atoms with van der Waals surface area (Å²) in [6.07, 6.45) is 0. The maximum absolute atomic E-state index is 13.6. The number of nitrogens with one attached hydrogen (secondary N) is 1. The fourth-order valence-corrected chi connectivity index (χ4v) is 1.72. The van der Waals surface area contributed by atoms with Gasteiger partial charge in [0.25, 0.3) is 0 Å². The molecule has 0 aliphatic rings. The van der Waals surface area contributed by atoms with Gasteiger partial charge in [-0.15, -0.1) is 0 Å². The van der Waals surface area contributed by atoms with Crippen LogP contribution in [0.15, 0.2) is 30.3 Å². The van der Waals surface area contributed by atoms with E-state index in [9.17, 15) is 22.4 Å². The van der Waals surface area contributed by atoms with Crippen LogP contribution in [0.1, 0.15) is 15.9 Å². The number of primary amides is 1. The molecule has 0 aliphatic heterocycles. The Morgan fingerprint density at radius 1 is 1.00 bits per heavy atom. The summed E-state index contributed by atoms with van der Waals surface area (Å²) in [5, 5.41) is 2.54. The van der Waals surface area contributed by atoms with E-state index in [1.165, 1.54) is 12.1 Å². The van der Waals surface area contributed by atoms with Crippen LogP contribution in [-0.2, 0) is 6.54 Å². The number of hydrogen-bond acceptors (Lipinski definition) is 2. The highest BCUT2D eigenvalue weighted by Gasteiger charge is 2.11. The Balaban J connectivity index is 2.20. The first-order valence-electron chi connectivity index (χ1n) is 5.85. The smallest absolute Gasteiger partial charge is 0.248 e. The number of carbonyl (C=O) groups excluding carboxylic acids is 1. The van der Waals surface area contributed by atoms with E-state index in [-0.39, 0.29) is 23.4 Å². The Kier molecular flexibility index (Phi) is 4.11. The van der Waals surface area contributed by atoms with Gasteiger partial charge in [-0.1, -0.05) is 0 Å². The van der Waals surface area contributed by atoms with Gasteiger partial charge in [-0.3, -0.25) is 4.79 Å². The van der Waals surface area contributed by atoms with E-state index < -0.39 is 29.2 Å². The molecule has 110 valence electrons. The van der Waals surface area contributed by atoms with Gasteiger partial charge in [-0.25, -0.2) is 17.6 Å². The second-order valence-corrected chi connectivity index (χ2v) is 4.28. The lowest BCUT2D eigenvalue weighted by molar-refractivity contribution is 0.1000. The second kappa shape index (κ2) is 5.82. The van der Waals surface area contributed by atoms with Crippen molar-refractivity contribution < 1.29 is 22.4 Å². The van der Waals surface area contributed by atoms with Gasteiger partial charge in [0.1, 0.15) is 5.82 Å². The maximum Gasteiger partial charge on any atom is 0.248 e. The van der Waals surface area contributed by atoms with E-state index >= 15 is 0 Å². The Morgan fingerprint density at radius 3 is 2.19 bits per heavy atom. The molecule has 0 unspecified atom stereocenters. The molecule has 21 heavy (non-hydrogen) atoms. The molecule has 0 aliphatic carbocycles. The first-order chi connectivity index (χ1) is 9.88. The molecule has 2 rings (SSSR count). The van der Waals surface area contributed by atoms with Crippen LogP contribution in [0, 0.1) is 23.3 Å². The van der Waals surface area contributed by atoms with Crippen LogP contribution >= 0.6 is 0 Å². The SMILES string of the molecule is NC(=O)c1ccc(F)c(CNc2cc(F)c(F)c(F)c2)c1. The van der Waals surface area contributed by atoms with E-state index in [2.05, 4.69) is 5.32 Å². The molecule has 0 saturated heterocycles. The molecule has 0 atom stereocenters. The average Bonchev–Trinajstić information content (AvgIpc) is 2.43. The fraction of sp³-hybridized carbons (Fsp3) is 0.0714. The van der Waals surface area contributed by atoms with E-state index in [1.807, 2.05) is 0 Å². The van der Waals surface area contributed by atoms with Crippen molar-refractivity contribution in [3.05, 3.63) is 64.7 Å². The summed E-state index contributed by atoms with van der Waals surface area (Å²) in [7, 11) is 0. The van der Waals surface area contributed by atoms with Crippen molar-refractivity contribution in [1.82, 2.24) is 0 Å². The summed E-state index contributed by atoms with van der Waals surface area (Å²) < 4.78 is 52.4. The van der Waals surface area contributed by atoms with Crippen LogP contribution in [0.25, 0.3) is 0 Å². The topological polar surface area (TPSA) is 55.1 Å². The van der Waals surface area contributed by atoms with Crippen LogP contribution in [-0.4, -0.2) is 5.91 Å². The maximum atomic E-state index is 13.6. The Morgan fingerprint density at radius 2 is 1.62 bits per heavy atom. The quantitative estimate of drug-likeness (QED) is 0.673. The monoisotopic (exact) mass is 298 g/mol. The van der Waals surface area contributed by atoms with Gasteiger partial charge >= 0.3 is 0 Å². The van der Waals surface area contributed by atoms with Crippen molar-refractivity contribution in [1.29, 1.82) is 0 Å². The molecule has 7 heteroatoms. The largest absolute Gasteiger partial charge is 0.381 e. The number of hydrogen-bond donors (Lipinski definition) is 2. The van der Waals surface area contributed by atoms with E-state index in [1.54, 1.807) is 0 Å². The number of benzene rings is 2. The predicted molar refractivity (Wildman–Crippen MR) is 68.6 cm³/mol. The number of nitrogens with two attached hydrogens (primary N) is 1. The van der Waals surface area contributed by atoms with Crippen molar-refractivity contribution in [2.75, 3.05) is 5.32 Å². The molecule has 0 heterocycles. The number of anilines is 1. The Bertz CT molecular complexity index is 680. The zero-order valence-electron chi connectivity index (χ0n) is 10.6. The molecule has 0 radical (unpaired) electrons.